The summed E-state index contributed by atoms with van der Waals surface area (Å²) >= 11 is 3.70. The minimum absolute atomic E-state index is 1.07. The zero-order valence-corrected chi connectivity index (χ0v) is 18.3. The summed E-state index contributed by atoms with van der Waals surface area (Å²) in [7, 11) is 0. The van der Waals surface area contributed by atoms with Crippen molar-refractivity contribution < 1.29 is 0 Å². The molecular weight excluding hydrogens is 376 g/mol. The molecule has 2 heterocycles. The Kier molecular flexibility index (Phi) is 5.67. The van der Waals surface area contributed by atoms with Crippen molar-refractivity contribution in [2.75, 3.05) is 0 Å². The monoisotopic (exact) mass is 400 g/mol. The Labute approximate surface area is 175 Å². The van der Waals surface area contributed by atoms with Crippen molar-refractivity contribution in [1.82, 2.24) is 0 Å². The van der Waals surface area contributed by atoms with Crippen LogP contribution in [0.5, 0.6) is 0 Å². The highest BCUT2D eigenvalue weighted by molar-refractivity contribution is 7.30. The Balaban J connectivity index is 1.60. The summed E-state index contributed by atoms with van der Waals surface area (Å²) in [5.74, 6) is 6.73. The Bertz CT molecular complexity index is 1140. The molecule has 0 saturated carbocycles. The molecule has 2 aromatic carbocycles. The van der Waals surface area contributed by atoms with Crippen molar-refractivity contribution >= 4 is 32.1 Å². The Morgan fingerprint density at radius 1 is 0.821 bits per heavy atom. The van der Waals surface area contributed by atoms with Crippen LogP contribution in [0.3, 0.4) is 0 Å². The van der Waals surface area contributed by atoms with Gasteiger partial charge in [-0.05, 0) is 60.2 Å². The van der Waals surface area contributed by atoms with Crippen LogP contribution in [-0.4, -0.2) is 0 Å². The molecule has 0 spiro atoms. The summed E-state index contributed by atoms with van der Waals surface area (Å²) in [6.07, 6.45) is 3.42. The van der Waals surface area contributed by atoms with Gasteiger partial charge in [-0.2, -0.15) is 0 Å². The smallest absolute Gasteiger partial charge is 0.0822 e. The van der Waals surface area contributed by atoms with Crippen LogP contribution in [0.2, 0.25) is 0 Å². The van der Waals surface area contributed by atoms with E-state index in [0.717, 1.165) is 18.4 Å². The molecular formula is C26H24S2. The number of thiophene rings is 2. The summed E-state index contributed by atoms with van der Waals surface area (Å²) in [5, 5.41) is 0. The summed E-state index contributed by atoms with van der Waals surface area (Å²) in [6.45, 7) is 6.61. The normalized spacial score (nSPS) is 10.8. The third kappa shape index (κ3) is 3.92. The largest absolute Gasteiger partial charge is 0.134 e. The highest BCUT2D eigenvalue weighted by Gasteiger charge is 2.12. The first-order chi connectivity index (χ1) is 13.7. The highest BCUT2D eigenvalue weighted by atomic mass is 32.1. The highest BCUT2D eigenvalue weighted by Crippen LogP contribution is 2.41. The number of hydrogen-bond acceptors (Lipinski definition) is 2. The van der Waals surface area contributed by atoms with Crippen LogP contribution in [0, 0.1) is 18.8 Å². The summed E-state index contributed by atoms with van der Waals surface area (Å²) < 4.78 is 2.73. The van der Waals surface area contributed by atoms with E-state index in [0.29, 0.717) is 0 Å². The molecule has 0 nitrogen and oxygen atoms in total. The number of rotatable bonds is 4. The molecule has 0 N–H and O–H groups in total. The fraction of sp³-hybridized carbons (Fsp3) is 0.231. The van der Waals surface area contributed by atoms with Crippen LogP contribution in [0.4, 0.5) is 0 Å². The zero-order chi connectivity index (χ0) is 19.5. The molecule has 28 heavy (non-hydrogen) atoms. The predicted molar refractivity (Wildman–Crippen MR) is 126 cm³/mol. The van der Waals surface area contributed by atoms with Gasteiger partial charge in [-0.15, -0.1) is 22.7 Å². The average Bonchev–Trinajstić information content (AvgIpc) is 3.27. The quantitative estimate of drug-likeness (QED) is 0.306. The van der Waals surface area contributed by atoms with E-state index in [1.165, 1.54) is 47.8 Å². The molecule has 0 atom stereocenters. The lowest BCUT2D eigenvalue weighted by Crippen LogP contribution is -1.82. The minimum Gasteiger partial charge on any atom is -0.134 e. The van der Waals surface area contributed by atoms with Crippen molar-refractivity contribution in [2.24, 2.45) is 0 Å². The van der Waals surface area contributed by atoms with Gasteiger partial charge < -0.3 is 0 Å². The second kappa shape index (κ2) is 8.35. The van der Waals surface area contributed by atoms with Crippen molar-refractivity contribution in [3.63, 3.8) is 0 Å². The summed E-state index contributed by atoms with van der Waals surface area (Å²) in [6, 6.07) is 20.0. The van der Waals surface area contributed by atoms with E-state index in [2.05, 4.69) is 87.2 Å². The maximum Gasteiger partial charge on any atom is 0.0822 e. The first-order valence-electron chi connectivity index (χ1n) is 9.91. The van der Waals surface area contributed by atoms with Crippen LogP contribution in [0.1, 0.15) is 47.4 Å². The van der Waals surface area contributed by atoms with Gasteiger partial charge in [0.2, 0.25) is 0 Å². The third-order valence-corrected chi connectivity index (χ3v) is 7.64. The summed E-state index contributed by atoms with van der Waals surface area (Å²) in [4.78, 5) is 2.53. The number of benzene rings is 2. The third-order valence-electron chi connectivity index (χ3n) is 5.05. The fourth-order valence-corrected chi connectivity index (χ4v) is 5.79. The van der Waals surface area contributed by atoms with Gasteiger partial charge in [-0.3, -0.25) is 0 Å². The van der Waals surface area contributed by atoms with E-state index < -0.39 is 0 Å². The van der Waals surface area contributed by atoms with E-state index in [9.17, 15) is 0 Å². The maximum atomic E-state index is 3.40. The molecule has 2 heteroatoms. The molecule has 0 aliphatic carbocycles. The second-order valence-corrected chi connectivity index (χ2v) is 9.21. The lowest BCUT2D eigenvalue weighted by atomic mass is 10.1. The molecule has 0 amide bonds. The molecule has 0 radical (unpaired) electrons. The van der Waals surface area contributed by atoms with Gasteiger partial charge in [-0.1, -0.05) is 68.5 Å². The zero-order valence-electron chi connectivity index (χ0n) is 16.6. The molecule has 4 rings (SSSR count). The van der Waals surface area contributed by atoms with E-state index >= 15 is 0 Å². The van der Waals surface area contributed by atoms with Gasteiger partial charge in [0.15, 0.2) is 0 Å². The van der Waals surface area contributed by atoms with E-state index in [4.69, 9.17) is 0 Å². The van der Waals surface area contributed by atoms with Gasteiger partial charge in [-0.25, -0.2) is 0 Å². The van der Waals surface area contributed by atoms with Crippen molar-refractivity contribution in [1.29, 1.82) is 0 Å². The van der Waals surface area contributed by atoms with Gasteiger partial charge in [0.1, 0.15) is 0 Å². The number of hydrogen-bond donors (Lipinski definition) is 0. The van der Waals surface area contributed by atoms with Crippen molar-refractivity contribution in [2.45, 2.75) is 40.0 Å². The van der Waals surface area contributed by atoms with E-state index in [1.54, 1.807) is 0 Å². The minimum atomic E-state index is 1.07. The van der Waals surface area contributed by atoms with E-state index in [-0.39, 0.29) is 0 Å². The second-order valence-electron chi connectivity index (χ2n) is 7.11. The van der Waals surface area contributed by atoms with Crippen LogP contribution < -0.4 is 0 Å². The molecule has 0 aliphatic rings. The number of fused-ring (bicyclic) bond motifs is 1. The molecule has 0 bridgehead atoms. The molecule has 0 unspecified atom stereocenters. The SMILES string of the molecule is CCCc1ccc(-c2cc3sc(C#Cc4ccc(CC)cc4)c(C)c3s2)cc1. The maximum absolute atomic E-state index is 3.40. The Morgan fingerprint density at radius 2 is 1.54 bits per heavy atom. The molecule has 0 aliphatic heterocycles. The van der Waals surface area contributed by atoms with Gasteiger partial charge >= 0.3 is 0 Å². The van der Waals surface area contributed by atoms with Crippen molar-refractivity contribution in [3.8, 4) is 22.3 Å². The van der Waals surface area contributed by atoms with Crippen molar-refractivity contribution in [3.05, 3.63) is 81.7 Å². The van der Waals surface area contributed by atoms with E-state index in [1.807, 2.05) is 22.7 Å². The lowest BCUT2D eigenvalue weighted by Gasteiger charge is -2.01. The van der Waals surface area contributed by atoms with Crippen LogP contribution in [0.15, 0.2) is 54.6 Å². The van der Waals surface area contributed by atoms with Crippen LogP contribution >= 0.6 is 22.7 Å². The first kappa shape index (κ1) is 19.0. The van der Waals surface area contributed by atoms with Gasteiger partial charge in [0, 0.05) is 19.8 Å². The van der Waals surface area contributed by atoms with Crippen LogP contribution in [0.25, 0.3) is 19.8 Å². The number of aryl methyl sites for hydroxylation is 3. The average molecular weight is 401 g/mol. The Hall–Kier alpha value is -2.34. The topological polar surface area (TPSA) is 0 Å². The molecule has 4 aromatic rings. The van der Waals surface area contributed by atoms with Gasteiger partial charge in [0.25, 0.3) is 0 Å². The van der Waals surface area contributed by atoms with Gasteiger partial charge in [0.05, 0.1) is 4.88 Å². The predicted octanol–water partition coefficient (Wildman–Crippen LogP) is 7.85. The standard InChI is InChI=1S/C26H24S2/c1-4-6-20-11-14-22(15-12-20)24-17-25-26(28-24)18(3)23(27-25)16-13-21-9-7-19(5-2)8-10-21/h7-12,14-15,17H,4-6H2,1-3H3. The lowest BCUT2D eigenvalue weighted by molar-refractivity contribution is 0.922. The first-order valence-corrected chi connectivity index (χ1v) is 11.5. The Morgan fingerprint density at radius 3 is 2.18 bits per heavy atom. The van der Waals surface area contributed by atoms with Crippen LogP contribution in [-0.2, 0) is 12.8 Å². The molecule has 0 fully saturated rings. The molecule has 2 aromatic heterocycles. The fourth-order valence-electron chi connectivity index (χ4n) is 3.34. The summed E-state index contributed by atoms with van der Waals surface area (Å²) in [5.41, 5.74) is 6.49. The molecule has 0 saturated heterocycles. The molecule has 140 valence electrons.